The molecule has 1 aromatic carbocycles. The van der Waals surface area contributed by atoms with Crippen LogP contribution in [0.4, 0.5) is 5.69 Å². The number of carbonyl (C=O) groups is 1. The lowest BCUT2D eigenvalue weighted by atomic mass is 10.2. The van der Waals surface area contributed by atoms with Crippen LogP contribution in [0, 0.1) is 12.3 Å². The van der Waals surface area contributed by atoms with E-state index in [1.54, 1.807) is 18.2 Å². The second kappa shape index (κ2) is 4.91. The van der Waals surface area contributed by atoms with Gasteiger partial charge in [0.1, 0.15) is 11.5 Å². The van der Waals surface area contributed by atoms with Crippen molar-refractivity contribution in [2.75, 3.05) is 19.5 Å². The van der Waals surface area contributed by atoms with Crippen LogP contribution in [-0.4, -0.2) is 20.1 Å². The third-order valence-corrected chi connectivity index (χ3v) is 1.79. The van der Waals surface area contributed by atoms with Gasteiger partial charge in [-0.2, -0.15) is 0 Å². The lowest BCUT2D eigenvalue weighted by Gasteiger charge is -2.09. The largest absolute Gasteiger partial charge is 0.497 e. The number of rotatable bonds is 3. The molecule has 78 valence electrons. The third kappa shape index (κ3) is 2.64. The quantitative estimate of drug-likeness (QED) is 0.756. The van der Waals surface area contributed by atoms with Crippen molar-refractivity contribution >= 4 is 11.6 Å². The predicted octanol–water partition coefficient (Wildman–Crippen LogP) is 1.28. The molecule has 0 unspecified atom stereocenters. The zero-order valence-corrected chi connectivity index (χ0v) is 8.53. The lowest BCUT2D eigenvalue weighted by molar-refractivity contribution is -0.111. The first-order chi connectivity index (χ1) is 7.21. The Hall–Kier alpha value is -2.15. The molecule has 0 radical (unpaired) electrons. The smallest absolute Gasteiger partial charge is 0.300 e. The van der Waals surface area contributed by atoms with Gasteiger partial charge >= 0.3 is 0 Å². The summed E-state index contributed by atoms with van der Waals surface area (Å²) in [5, 5.41) is 2.51. The summed E-state index contributed by atoms with van der Waals surface area (Å²) in [7, 11) is 3.04. The van der Waals surface area contributed by atoms with Crippen LogP contribution in [0.3, 0.4) is 0 Å². The number of benzene rings is 1. The lowest BCUT2D eigenvalue weighted by Crippen LogP contribution is -2.09. The van der Waals surface area contributed by atoms with Gasteiger partial charge in [-0.05, 0) is 18.1 Å². The van der Waals surface area contributed by atoms with Gasteiger partial charge in [0.15, 0.2) is 0 Å². The molecule has 0 atom stereocenters. The van der Waals surface area contributed by atoms with Crippen molar-refractivity contribution in [2.45, 2.75) is 0 Å². The number of terminal acetylenes is 1. The van der Waals surface area contributed by atoms with Crippen LogP contribution in [0.1, 0.15) is 0 Å². The molecule has 0 aliphatic carbocycles. The van der Waals surface area contributed by atoms with Crippen molar-refractivity contribution in [2.24, 2.45) is 0 Å². The van der Waals surface area contributed by atoms with Crippen LogP contribution < -0.4 is 14.8 Å². The van der Waals surface area contributed by atoms with Gasteiger partial charge in [-0.1, -0.05) is 0 Å². The average Bonchev–Trinajstić information content (AvgIpc) is 2.28. The third-order valence-electron chi connectivity index (χ3n) is 1.79. The number of hydrogen-bond acceptors (Lipinski definition) is 3. The number of hydrogen-bond donors (Lipinski definition) is 1. The summed E-state index contributed by atoms with van der Waals surface area (Å²) in [5.74, 6) is 2.57. The minimum atomic E-state index is -0.526. The first-order valence-electron chi connectivity index (χ1n) is 4.21. The second-order valence-electron chi connectivity index (χ2n) is 2.66. The predicted molar refractivity (Wildman–Crippen MR) is 57.0 cm³/mol. The Morgan fingerprint density at radius 3 is 2.67 bits per heavy atom. The van der Waals surface area contributed by atoms with Gasteiger partial charge < -0.3 is 14.8 Å². The Bertz CT molecular complexity index is 407. The van der Waals surface area contributed by atoms with Crippen molar-refractivity contribution < 1.29 is 14.3 Å². The van der Waals surface area contributed by atoms with Gasteiger partial charge in [-0.25, -0.2) is 0 Å². The molecule has 0 bridgehead atoms. The Labute approximate surface area is 88.2 Å². The van der Waals surface area contributed by atoms with Crippen molar-refractivity contribution in [3.63, 3.8) is 0 Å². The van der Waals surface area contributed by atoms with Gasteiger partial charge in [0.05, 0.1) is 19.9 Å². The Morgan fingerprint density at radius 1 is 1.40 bits per heavy atom. The zero-order valence-electron chi connectivity index (χ0n) is 8.53. The number of amides is 1. The summed E-state index contributed by atoms with van der Waals surface area (Å²) in [6.45, 7) is 0. The topological polar surface area (TPSA) is 47.6 Å². The summed E-state index contributed by atoms with van der Waals surface area (Å²) >= 11 is 0. The van der Waals surface area contributed by atoms with Gasteiger partial charge in [0.25, 0.3) is 5.91 Å². The molecule has 1 aromatic rings. The molecule has 0 heterocycles. The number of anilines is 1. The van der Waals surface area contributed by atoms with Crippen LogP contribution in [0.15, 0.2) is 18.2 Å². The summed E-state index contributed by atoms with van der Waals surface area (Å²) in [6.07, 6.45) is 4.95. The molecule has 0 aliphatic rings. The van der Waals surface area contributed by atoms with E-state index in [0.717, 1.165) is 0 Å². The monoisotopic (exact) mass is 205 g/mol. The van der Waals surface area contributed by atoms with E-state index in [0.29, 0.717) is 17.2 Å². The van der Waals surface area contributed by atoms with Gasteiger partial charge in [-0.3, -0.25) is 4.79 Å². The molecule has 4 nitrogen and oxygen atoms in total. The van der Waals surface area contributed by atoms with E-state index in [1.165, 1.54) is 14.2 Å². The van der Waals surface area contributed by atoms with E-state index in [-0.39, 0.29) is 0 Å². The molecular weight excluding hydrogens is 194 g/mol. The van der Waals surface area contributed by atoms with Gasteiger partial charge in [0, 0.05) is 6.07 Å². The highest BCUT2D eigenvalue weighted by Gasteiger charge is 2.06. The van der Waals surface area contributed by atoms with Crippen LogP contribution in [-0.2, 0) is 4.79 Å². The van der Waals surface area contributed by atoms with E-state index in [9.17, 15) is 4.79 Å². The summed E-state index contributed by atoms with van der Waals surface area (Å²) < 4.78 is 10.1. The van der Waals surface area contributed by atoms with Crippen LogP contribution in [0.25, 0.3) is 0 Å². The molecule has 1 amide bonds. The molecule has 0 saturated heterocycles. The minimum absolute atomic E-state index is 0.486. The van der Waals surface area contributed by atoms with Crippen molar-refractivity contribution in [3.8, 4) is 23.8 Å². The number of ether oxygens (including phenoxy) is 2. The highest BCUT2D eigenvalue weighted by atomic mass is 16.5. The van der Waals surface area contributed by atoms with Crippen LogP contribution >= 0.6 is 0 Å². The normalized spacial score (nSPS) is 8.87. The Kier molecular flexibility index (Phi) is 3.58. The molecule has 1 N–H and O–H groups in total. The number of methoxy groups -OCH3 is 2. The zero-order chi connectivity index (χ0) is 11.3. The van der Waals surface area contributed by atoms with E-state index < -0.39 is 5.91 Å². The SMILES string of the molecule is C#CC(=O)Nc1cc(OC)ccc1OC. The second-order valence-corrected chi connectivity index (χ2v) is 2.66. The molecule has 4 heteroatoms. The molecular formula is C11H11NO3. The molecule has 0 fully saturated rings. The fourth-order valence-corrected chi connectivity index (χ4v) is 1.07. The molecule has 15 heavy (non-hydrogen) atoms. The average molecular weight is 205 g/mol. The minimum Gasteiger partial charge on any atom is -0.497 e. The number of carbonyl (C=O) groups excluding carboxylic acids is 1. The molecule has 0 aromatic heterocycles. The summed E-state index contributed by atoms with van der Waals surface area (Å²) in [5.41, 5.74) is 0.486. The molecule has 1 rings (SSSR count). The van der Waals surface area contributed by atoms with Gasteiger partial charge in [0.2, 0.25) is 0 Å². The standard InChI is InChI=1S/C11H11NO3/c1-4-11(13)12-9-7-8(14-2)5-6-10(9)15-3/h1,5-7H,2-3H3,(H,12,13). The first-order valence-corrected chi connectivity index (χ1v) is 4.21. The first kappa shape index (κ1) is 10.9. The van der Waals surface area contributed by atoms with Gasteiger partial charge in [-0.15, -0.1) is 6.42 Å². The fourth-order valence-electron chi connectivity index (χ4n) is 1.07. The maximum absolute atomic E-state index is 11.0. The Balaban J connectivity index is 3.02. The van der Waals surface area contributed by atoms with Crippen molar-refractivity contribution in [3.05, 3.63) is 18.2 Å². The number of nitrogens with one attached hydrogen (secondary N) is 1. The maximum atomic E-state index is 11.0. The van der Waals surface area contributed by atoms with Crippen LogP contribution in [0.2, 0.25) is 0 Å². The highest BCUT2D eigenvalue weighted by molar-refractivity contribution is 6.04. The maximum Gasteiger partial charge on any atom is 0.300 e. The van der Waals surface area contributed by atoms with Crippen LogP contribution in [0.5, 0.6) is 11.5 Å². The Morgan fingerprint density at radius 2 is 2.13 bits per heavy atom. The molecule has 0 saturated carbocycles. The molecule has 0 aliphatic heterocycles. The van der Waals surface area contributed by atoms with Crippen molar-refractivity contribution in [1.29, 1.82) is 0 Å². The summed E-state index contributed by atoms with van der Waals surface area (Å²) in [6, 6.07) is 5.05. The molecule has 0 spiro atoms. The van der Waals surface area contributed by atoms with E-state index in [4.69, 9.17) is 15.9 Å². The van der Waals surface area contributed by atoms with E-state index in [2.05, 4.69) is 5.32 Å². The fraction of sp³-hybridized carbons (Fsp3) is 0.182. The van der Waals surface area contributed by atoms with E-state index in [1.807, 2.05) is 5.92 Å². The van der Waals surface area contributed by atoms with E-state index >= 15 is 0 Å². The highest BCUT2D eigenvalue weighted by Crippen LogP contribution is 2.28. The van der Waals surface area contributed by atoms with Crippen molar-refractivity contribution in [1.82, 2.24) is 0 Å². The summed E-state index contributed by atoms with van der Waals surface area (Å²) in [4.78, 5) is 11.0.